The van der Waals surface area contributed by atoms with Crippen LogP contribution in [0.15, 0.2) is 17.1 Å². The first-order valence-electron chi connectivity index (χ1n) is 4.72. The van der Waals surface area contributed by atoms with Gasteiger partial charge in [-0.15, -0.1) is 0 Å². The van der Waals surface area contributed by atoms with Crippen molar-refractivity contribution in [1.29, 1.82) is 0 Å². The third-order valence-electron chi connectivity index (χ3n) is 2.46. The van der Waals surface area contributed by atoms with Gasteiger partial charge in [-0.05, 0) is 12.5 Å². The number of nitrogens with one attached hydrogen (secondary N) is 1. The number of carbonyl (C=O) groups excluding carboxylic acids is 2. The van der Waals surface area contributed by atoms with E-state index in [1.807, 2.05) is 0 Å². The van der Waals surface area contributed by atoms with Gasteiger partial charge in [-0.3, -0.25) is 9.59 Å². The van der Waals surface area contributed by atoms with Gasteiger partial charge in [0.15, 0.2) is 18.5 Å². The largest absolute Gasteiger partial charge is 0.451 e. The molecule has 5 heteroatoms. The van der Waals surface area contributed by atoms with Gasteiger partial charge in [-0.1, -0.05) is 0 Å². The van der Waals surface area contributed by atoms with Crippen molar-refractivity contribution >= 4 is 12.1 Å². The van der Waals surface area contributed by atoms with Crippen molar-refractivity contribution in [2.75, 3.05) is 0 Å². The van der Waals surface area contributed by atoms with Crippen LogP contribution in [0.4, 0.5) is 0 Å². The van der Waals surface area contributed by atoms with Crippen LogP contribution in [0.2, 0.25) is 0 Å². The highest BCUT2D eigenvalue weighted by Gasteiger charge is 2.18. The molecule has 0 saturated heterocycles. The molecule has 1 N–H and O–H groups in total. The van der Waals surface area contributed by atoms with Gasteiger partial charge in [-0.25, -0.2) is 4.98 Å². The molecule has 2 rings (SSSR count). The first-order valence-corrected chi connectivity index (χ1v) is 4.72. The number of ketones is 1. The Hall–Kier alpha value is -2.17. The maximum Gasteiger partial charge on any atom is 0.181 e. The molecule has 0 amide bonds. The summed E-state index contributed by atoms with van der Waals surface area (Å²) < 4.78 is 4.85. The zero-order chi connectivity index (χ0) is 11.7. The second-order valence-electron chi connectivity index (χ2n) is 3.46. The fraction of sp³-hybridized carbons (Fsp3) is 0.182. The molecule has 0 bridgehead atoms. The number of Topliss-reactive ketones (excluding diaryl/α,β-unsaturated/α-hetero) is 1. The Balaban J connectivity index is 2.66. The molecule has 16 heavy (non-hydrogen) atoms. The van der Waals surface area contributed by atoms with Gasteiger partial charge in [0.25, 0.3) is 0 Å². The van der Waals surface area contributed by atoms with Gasteiger partial charge in [0.1, 0.15) is 12.0 Å². The molecule has 0 aliphatic rings. The van der Waals surface area contributed by atoms with Crippen LogP contribution >= 0.6 is 0 Å². The molecule has 0 aliphatic heterocycles. The van der Waals surface area contributed by atoms with Gasteiger partial charge in [0.05, 0.1) is 11.4 Å². The number of hydrogen-bond acceptors (Lipinski definition) is 4. The van der Waals surface area contributed by atoms with E-state index in [-0.39, 0.29) is 5.78 Å². The zero-order valence-corrected chi connectivity index (χ0v) is 8.90. The monoisotopic (exact) mass is 218 g/mol. The molecule has 0 aliphatic carbocycles. The van der Waals surface area contributed by atoms with E-state index >= 15 is 0 Å². The quantitative estimate of drug-likeness (QED) is 0.631. The standard InChI is InChI=1S/C11H10N2O3/c1-6-8(3-14)11(9-4-16-5-12-9)13-10(6)7(2)15/h3-5,13H,1-2H3. The maximum atomic E-state index is 11.3. The minimum Gasteiger partial charge on any atom is -0.451 e. The summed E-state index contributed by atoms with van der Waals surface area (Å²) >= 11 is 0. The van der Waals surface area contributed by atoms with E-state index in [0.29, 0.717) is 34.5 Å². The first-order chi connectivity index (χ1) is 7.65. The van der Waals surface area contributed by atoms with Crippen molar-refractivity contribution in [2.24, 2.45) is 0 Å². The minimum absolute atomic E-state index is 0.115. The van der Waals surface area contributed by atoms with Crippen LogP contribution < -0.4 is 0 Å². The Bertz CT molecular complexity index is 538. The molecular weight excluding hydrogens is 208 g/mol. The van der Waals surface area contributed by atoms with Crippen LogP contribution in [-0.2, 0) is 0 Å². The topological polar surface area (TPSA) is 76.0 Å². The Morgan fingerprint density at radius 1 is 1.56 bits per heavy atom. The van der Waals surface area contributed by atoms with E-state index in [0.717, 1.165) is 0 Å². The summed E-state index contributed by atoms with van der Waals surface area (Å²) in [5.74, 6) is -0.115. The molecule has 0 radical (unpaired) electrons. The van der Waals surface area contributed by atoms with E-state index in [9.17, 15) is 9.59 Å². The lowest BCUT2D eigenvalue weighted by molar-refractivity contribution is 0.101. The molecule has 0 saturated carbocycles. The molecule has 0 aromatic carbocycles. The predicted molar refractivity (Wildman–Crippen MR) is 56.4 cm³/mol. The van der Waals surface area contributed by atoms with Crippen molar-refractivity contribution in [2.45, 2.75) is 13.8 Å². The summed E-state index contributed by atoms with van der Waals surface area (Å²) in [6.45, 7) is 3.17. The number of rotatable bonds is 3. The average Bonchev–Trinajstić information content (AvgIpc) is 2.83. The molecular formula is C11H10N2O3. The summed E-state index contributed by atoms with van der Waals surface area (Å²) in [7, 11) is 0. The van der Waals surface area contributed by atoms with Crippen molar-refractivity contribution in [1.82, 2.24) is 9.97 Å². The Morgan fingerprint density at radius 3 is 2.81 bits per heavy atom. The normalized spacial score (nSPS) is 10.4. The predicted octanol–water partition coefficient (Wildman–Crippen LogP) is 1.99. The average molecular weight is 218 g/mol. The lowest BCUT2D eigenvalue weighted by atomic mass is 10.1. The second-order valence-corrected chi connectivity index (χ2v) is 3.46. The number of carbonyl (C=O) groups is 2. The second kappa shape index (κ2) is 3.77. The number of H-pyrrole nitrogens is 1. The third-order valence-corrected chi connectivity index (χ3v) is 2.46. The third kappa shape index (κ3) is 1.46. The van der Waals surface area contributed by atoms with Crippen molar-refractivity contribution in [3.63, 3.8) is 0 Å². The summed E-state index contributed by atoms with van der Waals surface area (Å²) in [5, 5.41) is 0. The van der Waals surface area contributed by atoms with Crippen molar-refractivity contribution in [3.8, 4) is 11.4 Å². The van der Waals surface area contributed by atoms with Crippen LogP contribution in [-0.4, -0.2) is 22.0 Å². The van der Waals surface area contributed by atoms with Crippen LogP contribution in [0.1, 0.15) is 33.3 Å². The summed E-state index contributed by atoms with van der Waals surface area (Å²) in [4.78, 5) is 29.2. The van der Waals surface area contributed by atoms with Gasteiger partial charge in [-0.2, -0.15) is 0 Å². The molecule has 2 aromatic rings. The summed E-state index contributed by atoms with van der Waals surface area (Å²) in [6.07, 6.45) is 3.40. The van der Waals surface area contributed by atoms with E-state index in [4.69, 9.17) is 4.42 Å². The van der Waals surface area contributed by atoms with Gasteiger partial charge in [0, 0.05) is 12.5 Å². The number of oxazole rings is 1. The zero-order valence-electron chi connectivity index (χ0n) is 8.90. The fourth-order valence-corrected chi connectivity index (χ4v) is 1.65. The van der Waals surface area contributed by atoms with Crippen molar-refractivity contribution < 1.29 is 14.0 Å². The van der Waals surface area contributed by atoms with Crippen LogP contribution in [0, 0.1) is 6.92 Å². The van der Waals surface area contributed by atoms with Crippen LogP contribution in [0.25, 0.3) is 11.4 Å². The SMILES string of the molecule is CC(=O)c1[nH]c(-c2cocn2)c(C=O)c1C. The minimum atomic E-state index is -0.115. The Kier molecular flexibility index (Phi) is 2.44. The highest BCUT2D eigenvalue weighted by atomic mass is 16.3. The van der Waals surface area contributed by atoms with E-state index in [2.05, 4.69) is 9.97 Å². The molecule has 2 heterocycles. The van der Waals surface area contributed by atoms with Gasteiger partial charge >= 0.3 is 0 Å². The fourth-order valence-electron chi connectivity index (χ4n) is 1.65. The summed E-state index contributed by atoms with van der Waals surface area (Å²) in [5.41, 5.74) is 2.55. The summed E-state index contributed by atoms with van der Waals surface area (Å²) in [6, 6.07) is 0. The number of aldehydes is 1. The number of aromatic nitrogens is 2. The van der Waals surface area contributed by atoms with E-state index < -0.39 is 0 Å². The molecule has 0 atom stereocenters. The Morgan fingerprint density at radius 2 is 2.31 bits per heavy atom. The molecule has 0 unspecified atom stereocenters. The molecule has 0 spiro atoms. The Labute approximate surface area is 91.5 Å². The lowest BCUT2D eigenvalue weighted by Crippen LogP contribution is -1.94. The number of nitrogens with zero attached hydrogens (tertiary/aromatic N) is 1. The molecule has 5 nitrogen and oxygen atoms in total. The van der Waals surface area contributed by atoms with Gasteiger partial charge < -0.3 is 9.40 Å². The lowest BCUT2D eigenvalue weighted by Gasteiger charge is -1.91. The molecule has 82 valence electrons. The van der Waals surface area contributed by atoms with Crippen LogP contribution in [0.3, 0.4) is 0 Å². The number of aromatic amines is 1. The van der Waals surface area contributed by atoms with E-state index in [1.54, 1.807) is 6.92 Å². The van der Waals surface area contributed by atoms with Crippen LogP contribution in [0.5, 0.6) is 0 Å². The van der Waals surface area contributed by atoms with Crippen molar-refractivity contribution in [3.05, 3.63) is 29.5 Å². The molecule has 2 aromatic heterocycles. The first kappa shape index (κ1) is 10.4. The highest BCUT2D eigenvalue weighted by Crippen LogP contribution is 2.25. The smallest absolute Gasteiger partial charge is 0.181 e. The van der Waals surface area contributed by atoms with Gasteiger partial charge in [0.2, 0.25) is 0 Å². The maximum absolute atomic E-state index is 11.3. The molecule has 0 fully saturated rings. The number of hydrogen-bond donors (Lipinski definition) is 1. The van der Waals surface area contributed by atoms with E-state index in [1.165, 1.54) is 19.6 Å². The highest BCUT2D eigenvalue weighted by molar-refractivity contribution is 5.99.